The monoisotopic (exact) mass is 486 g/mol. The standard InChI is InChI=1S/C20H15BrN4O6/c1-2-31-20(28)16-15-17(24(22-16)13-7-9-14(10-8-13)25(29)30)19(27)23(18(15)26)12-5-3-11(21)4-6-12/h3-10,15,17H,2H2,1H3/t15-,17+/m1/s1. The number of carbonyl (C=O) groups excluding carboxylic acids is 3. The highest BCUT2D eigenvalue weighted by Crippen LogP contribution is 2.38. The summed E-state index contributed by atoms with van der Waals surface area (Å²) in [6.45, 7) is 1.69. The molecule has 0 spiro atoms. The maximum atomic E-state index is 13.3. The van der Waals surface area contributed by atoms with Crippen LogP contribution in [-0.4, -0.2) is 41.1 Å². The van der Waals surface area contributed by atoms with E-state index in [0.29, 0.717) is 11.4 Å². The number of carbonyl (C=O) groups is 3. The van der Waals surface area contributed by atoms with Gasteiger partial charge in [0.2, 0.25) is 5.91 Å². The van der Waals surface area contributed by atoms with Crippen molar-refractivity contribution in [3.8, 4) is 0 Å². The Bertz CT molecular complexity index is 1120. The van der Waals surface area contributed by atoms with Crippen molar-refractivity contribution in [2.45, 2.75) is 13.0 Å². The molecule has 31 heavy (non-hydrogen) atoms. The molecule has 0 aromatic heterocycles. The van der Waals surface area contributed by atoms with Gasteiger partial charge in [-0.25, -0.2) is 9.69 Å². The van der Waals surface area contributed by atoms with Crippen LogP contribution in [0.4, 0.5) is 17.1 Å². The van der Waals surface area contributed by atoms with Gasteiger partial charge in [-0.05, 0) is 43.3 Å². The van der Waals surface area contributed by atoms with Crippen LogP contribution in [0, 0.1) is 16.0 Å². The third-order valence-corrected chi connectivity index (χ3v) is 5.47. The number of nitrogens with zero attached hydrogens (tertiary/aromatic N) is 4. The number of benzene rings is 2. The molecule has 2 aromatic carbocycles. The van der Waals surface area contributed by atoms with E-state index in [4.69, 9.17) is 4.74 Å². The number of rotatable bonds is 5. The van der Waals surface area contributed by atoms with Gasteiger partial charge >= 0.3 is 5.97 Å². The van der Waals surface area contributed by atoms with E-state index in [2.05, 4.69) is 21.0 Å². The fraction of sp³-hybridized carbons (Fsp3) is 0.200. The van der Waals surface area contributed by atoms with Gasteiger partial charge in [0.1, 0.15) is 12.0 Å². The van der Waals surface area contributed by atoms with Crippen molar-refractivity contribution in [3.63, 3.8) is 0 Å². The third-order valence-electron chi connectivity index (χ3n) is 4.94. The molecule has 2 heterocycles. The van der Waals surface area contributed by atoms with Crippen molar-refractivity contribution >= 4 is 56.5 Å². The van der Waals surface area contributed by atoms with Crippen LogP contribution in [0.15, 0.2) is 58.1 Å². The second-order valence-corrected chi connectivity index (χ2v) is 7.65. The maximum Gasteiger partial charge on any atom is 0.355 e. The van der Waals surface area contributed by atoms with Gasteiger partial charge in [0.25, 0.3) is 11.6 Å². The Morgan fingerprint density at radius 3 is 2.29 bits per heavy atom. The third kappa shape index (κ3) is 3.46. The number of nitro benzene ring substituents is 1. The molecule has 10 nitrogen and oxygen atoms in total. The number of ether oxygens (including phenoxy) is 1. The Morgan fingerprint density at radius 2 is 1.71 bits per heavy atom. The van der Waals surface area contributed by atoms with Crippen molar-refractivity contribution in [2.24, 2.45) is 11.0 Å². The molecular weight excluding hydrogens is 472 g/mol. The Kier molecular flexibility index (Phi) is 5.27. The molecule has 0 saturated carbocycles. The van der Waals surface area contributed by atoms with E-state index in [1.165, 1.54) is 29.3 Å². The summed E-state index contributed by atoms with van der Waals surface area (Å²) in [7, 11) is 0. The minimum absolute atomic E-state index is 0.0747. The average Bonchev–Trinajstić information content (AvgIpc) is 3.26. The van der Waals surface area contributed by atoms with Gasteiger partial charge in [-0.3, -0.25) is 24.7 Å². The number of nitro groups is 1. The van der Waals surface area contributed by atoms with E-state index in [0.717, 1.165) is 9.37 Å². The molecule has 1 saturated heterocycles. The molecule has 2 aliphatic rings. The lowest BCUT2D eigenvalue weighted by Gasteiger charge is -2.22. The zero-order valence-corrected chi connectivity index (χ0v) is 17.7. The van der Waals surface area contributed by atoms with Crippen LogP contribution in [0.5, 0.6) is 0 Å². The van der Waals surface area contributed by atoms with Crippen LogP contribution < -0.4 is 9.91 Å². The molecular formula is C20H15BrN4O6. The Hall–Kier alpha value is -3.60. The highest BCUT2D eigenvalue weighted by molar-refractivity contribution is 9.10. The van der Waals surface area contributed by atoms with Crippen molar-refractivity contribution in [3.05, 3.63) is 63.1 Å². The smallest absolute Gasteiger partial charge is 0.355 e. The van der Waals surface area contributed by atoms with Gasteiger partial charge in [-0.1, -0.05) is 15.9 Å². The van der Waals surface area contributed by atoms with Crippen LogP contribution in [0.2, 0.25) is 0 Å². The number of imide groups is 1. The number of anilines is 2. The van der Waals surface area contributed by atoms with Crippen molar-refractivity contribution < 1.29 is 24.0 Å². The molecule has 2 aliphatic heterocycles. The average molecular weight is 487 g/mol. The highest BCUT2D eigenvalue weighted by Gasteiger charge is 2.59. The van der Waals surface area contributed by atoms with Gasteiger partial charge in [0.05, 0.1) is 22.9 Å². The van der Waals surface area contributed by atoms with Crippen molar-refractivity contribution in [1.82, 2.24) is 0 Å². The summed E-state index contributed by atoms with van der Waals surface area (Å²) < 4.78 is 5.81. The second-order valence-electron chi connectivity index (χ2n) is 6.73. The fourth-order valence-corrected chi connectivity index (χ4v) is 3.84. The first-order valence-electron chi connectivity index (χ1n) is 9.26. The molecule has 0 unspecified atom stereocenters. The summed E-state index contributed by atoms with van der Waals surface area (Å²) in [6, 6.07) is 10.8. The predicted molar refractivity (Wildman–Crippen MR) is 114 cm³/mol. The zero-order chi connectivity index (χ0) is 22.3. The van der Waals surface area contributed by atoms with E-state index in [1.54, 1.807) is 31.2 Å². The number of non-ortho nitro benzene ring substituents is 1. The summed E-state index contributed by atoms with van der Waals surface area (Å²) in [5, 5.41) is 16.4. The van der Waals surface area contributed by atoms with Gasteiger partial charge in [0, 0.05) is 16.6 Å². The Morgan fingerprint density at radius 1 is 1.10 bits per heavy atom. The SMILES string of the molecule is CCOC(=O)C1=NN(c2ccc([N+](=O)[O-])cc2)[C@@H]2C(=O)N(c3ccc(Br)cc3)C(=O)[C@H]12. The quantitative estimate of drug-likeness (QED) is 0.275. The van der Waals surface area contributed by atoms with Crippen LogP contribution in [-0.2, 0) is 19.1 Å². The molecule has 158 valence electrons. The molecule has 0 radical (unpaired) electrons. The number of hydrogen-bond donors (Lipinski definition) is 0. The maximum absolute atomic E-state index is 13.3. The number of hydrazone groups is 1. The first-order chi connectivity index (χ1) is 14.8. The molecule has 4 rings (SSSR count). The van der Waals surface area contributed by atoms with Crippen LogP contribution >= 0.6 is 15.9 Å². The molecule has 1 fully saturated rings. The van der Waals surface area contributed by atoms with Crippen LogP contribution in [0.3, 0.4) is 0 Å². The molecule has 2 aromatic rings. The number of amides is 2. The lowest BCUT2D eigenvalue weighted by molar-refractivity contribution is -0.384. The van der Waals surface area contributed by atoms with Gasteiger partial charge < -0.3 is 4.74 Å². The largest absolute Gasteiger partial charge is 0.461 e. The number of halogens is 1. The summed E-state index contributed by atoms with van der Waals surface area (Å²) in [4.78, 5) is 50.4. The highest BCUT2D eigenvalue weighted by atomic mass is 79.9. The first kappa shape index (κ1) is 20.7. The van der Waals surface area contributed by atoms with Crippen LogP contribution in [0.1, 0.15) is 6.92 Å². The summed E-state index contributed by atoms with van der Waals surface area (Å²) in [6.07, 6.45) is 0. The van der Waals surface area contributed by atoms with E-state index in [9.17, 15) is 24.5 Å². The second kappa shape index (κ2) is 7.91. The number of esters is 1. The number of fused-ring (bicyclic) bond motifs is 1. The Balaban J connectivity index is 1.77. The summed E-state index contributed by atoms with van der Waals surface area (Å²) in [5.41, 5.74) is 0.376. The lowest BCUT2D eigenvalue weighted by atomic mass is 9.97. The van der Waals surface area contributed by atoms with Crippen LogP contribution in [0.25, 0.3) is 0 Å². The molecule has 0 aliphatic carbocycles. The molecule has 0 N–H and O–H groups in total. The molecule has 11 heteroatoms. The van der Waals surface area contributed by atoms with E-state index >= 15 is 0 Å². The first-order valence-corrected chi connectivity index (χ1v) is 10.1. The van der Waals surface area contributed by atoms with E-state index in [-0.39, 0.29) is 18.0 Å². The lowest BCUT2D eigenvalue weighted by Crippen LogP contribution is -2.39. The molecule has 2 amide bonds. The molecule has 2 atom stereocenters. The zero-order valence-electron chi connectivity index (χ0n) is 16.1. The Labute approximate surface area is 184 Å². The minimum Gasteiger partial charge on any atom is -0.461 e. The van der Waals surface area contributed by atoms with Gasteiger partial charge in [-0.15, -0.1) is 0 Å². The summed E-state index contributed by atoms with van der Waals surface area (Å²) >= 11 is 3.31. The number of hydrogen-bond acceptors (Lipinski definition) is 8. The predicted octanol–water partition coefficient (Wildman–Crippen LogP) is 2.65. The normalized spacial score (nSPS) is 20.0. The van der Waals surface area contributed by atoms with Crippen molar-refractivity contribution in [2.75, 3.05) is 16.5 Å². The molecule has 0 bridgehead atoms. The van der Waals surface area contributed by atoms with Gasteiger partial charge in [0.15, 0.2) is 5.71 Å². The van der Waals surface area contributed by atoms with Crippen molar-refractivity contribution in [1.29, 1.82) is 0 Å². The minimum atomic E-state index is -1.15. The van der Waals surface area contributed by atoms with Gasteiger partial charge in [-0.2, -0.15) is 5.10 Å². The fourth-order valence-electron chi connectivity index (χ4n) is 3.57. The summed E-state index contributed by atoms with van der Waals surface area (Å²) in [5.74, 6) is -3.08. The van der Waals surface area contributed by atoms with E-state index < -0.39 is 34.7 Å². The topological polar surface area (TPSA) is 122 Å². The van der Waals surface area contributed by atoms with E-state index in [1.807, 2.05) is 0 Å².